The summed E-state index contributed by atoms with van der Waals surface area (Å²) in [4.78, 5) is 5.80. The third-order valence-electron chi connectivity index (χ3n) is 3.66. The fourth-order valence-corrected chi connectivity index (χ4v) is 3.72. The van der Waals surface area contributed by atoms with Crippen LogP contribution in [0.25, 0.3) is 0 Å². The molecule has 2 aromatic rings. The Morgan fingerprint density at radius 3 is 3.09 bits per heavy atom. The molecule has 1 aliphatic rings. The van der Waals surface area contributed by atoms with E-state index in [1.165, 1.54) is 4.88 Å². The molecule has 0 unspecified atom stereocenters. The highest BCUT2D eigenvalue weighted by atomic mass is 35.5. The van der Waals surface area contributed by atoms with Crippen LogP contribution in [0.5, 0.6) is 0 Å². The van der Waals surface area contributed by atoms with Gasteiger partial charge in [-0.15, -0.1) is 16.4 Å². The van der Waals surface area contributed by atoms with Crippen molar-refractivity contribution >= 4 is 28.8 Å². The van der Waals surface area contributed by atoms with Gasteiger partial charge in [0.15, 0.2) is 5.82 Å². The van der Waals surface area contributed by atoms with E-state index in [1.807, 2.05) is 25.2 Å². The van der Waals surface area contributed by atoms with Crippen LogP contribution in [-0.4, -0.2) is 54.5 Å². The second-order valence-electron chi connectivity index (χ2n) is 5.40. The number of halogens is 1. The third-order valence-corrected chi connectivity index (χ3v) is 4.87. The van der Waals surface area contributed by atoms with Crippen LogP contribution in [0.1, 0.15) is 4.88 Å². The smallest absolute Gasteiger partial charge is 0.151 e. The molecular weight excluding hydrogens is 320 g/mol. The molecule has 1 aliphatic heterocycles. The number of anilines is 1. The summed E-state index contributed by atoms with van der Waals surface area (Å²) >= 11 is 7.65. The van der Waals surface area contributed by atoms with Crippen molar-refractivity contribution < 1.29 is 4.74 Å². The van der Waals surface area contributed by atoms with Gasteiger partial charge >= 0.3 is 0 Å². The van der Waals surface area contributed by atoms with Crippen LogP contribution in [0.15, 0.2) is 30.5 Å². The first-order valence-electron chi connectivity index (χ1n) is 7.28. The largest absolute Gasteiger partial charge is 0.374 e. The van der Waals surface area contributed by atoms with Crippen LogP contribution in [0.2, 0.25) is 4.34 Å². The second kappa shape index (κ2) is 7.37. The molecule has 2 aromatic heterocycles. The fraction of sp³-hybridized carbons (Fsp3) is 0.467. The van der Waals surface area contributed by atoms with E-state index < -0.39 is 0 Å². The van der Waals surface area contributed by atoms with Crippen molar-refractivity contribution in [2.24, 2.45) is 0 Å². The molecule has 3 rings (SSSR count). The summed E-state index contributed by atoms with van der Waals surface area (Å²) in [5.41, 5.74) is 0. The molecule has 0 amide bonds. The molecule has 0 aromatic carbocycles. The van der Waals surface area contributed by atoms with Crippen LogP contribution in [0.3, 0.4) is 0 Å². The molecule has 1 saturated heterocycles. The molecule has 1 fully saturated rings. The summed E-state index contributed by atoms with van der Waals surface area (Å²) in [7, 11) is 2.02. The van der Waals surface area contributed by atoms with Gasteiger partial charge in [-0.2, -0.15) is 5.10 Å². The zero-order valence-corrected chi connectivity index (χ0v) is 14.1. The monoisotopic (exact) mass is 338 g/mol. The van der Waals surface area contributed by atoms with Crippen LogP contribution in [0.4, 0.5) is 5.82 Å². The molecule has 0 saturated carbocycles. The van der Waals surface area contributed by atoms with E-state index in [0.717, 1.165) is 42.9 Å². The topological polar surface area (TPSA) is 41.5 Å². The van der Waals surface area contributed by atoms with E-state index in [9.17, 15) is 0 Å². The van der Waals surface area contributed by atoms with Gasteiger partial charge in [0.05, 0.1) is 17.0 Å². The maximum atomic E-state index is 6.00. The number of nitrogens with zero attached hydrogens (tertiary/aromatic N) is 4. The Hall–Kier alpha value is -1.21. The van der Waals surface area contributed by atoms with Crippen molar-refractivity contribution in [3.63, 3.8) is 0 Å². The first kappa shape index (κ1) is 15.7. The van der Waals surface area contributed by atoms with Crippen LogP contribution >= 0.6 is 22.9 Å². The summed E-state index contributed by atoms with van der Waals surface area (Å²) in [6, 6.07) is 7.92. The number of likely N-dealkylation sites (N-methyl/N-ethyl adjacent to an activating group) is 1. The summed E-state index contributed by atoms with van der Waals surface area (Å²) in [6.07, 6.45) is 1.86. The minimum atomic E-state index is 0.177. The van der Waals surface area contributed by atoms with Crippen LogP contribution in [-0.2, 0) is 11.3 Å². The number of morpholine rings is 1. The van der Waals surface area contributed by atoms with Crippen LogP contribution in [0, 0.1) is 0 Å². The van der Waals surface area contributed by atoms with Crippen LogP contribution < -0.4 is 4.90 Å². The molecule has 0 spiro atoms. The first-order chi connectivity index (χ1) is 10.7. The maximum absolute atomic E-state index is 6.00. The number of ether oxygens (including phenoxy) is 1. The van der Waals surface area contributed by atoms with Gasteiger partial charge in [-0.3, -0.25) is 4.90 Å². The molecule has 22 heavy (non-hydrogen) atoms. The quantitative estimate of drug-likeness (QED) is 0.838. The molecule has 7 heteroatoms. The average molecular weight is 339 g/mol. The Morgan fingerprint density at radius 2 is 2.36 bits per heavy atom. The van der Waals surface area contributed by atoms with E-state index in [-0.39, 0.29) is 6.10 Å². The average Bonchev–Trinajstić information content (AvgIpc) is 2.93. The summed E-state index contributed by atoms with van der Waals surface area (Å²) in [5, 5.41) is 8.05. The number of rotatable bonds is 5. The standard InChI is InChI=1S/C15H19ClN4OS/c1-19(15-3-2-6-17-18-15)9-12-10-20(7-8-21-12)11-13-4-5-14(16)22-13/h2-6,12H,7-11H2,1H3/t12-/m1/s1. The molecule has 3 heterocycles. The lowest BCUT2D eigenvalue weighted by atomic mass is 10.2. The van der Waals surface area contributed by atoms with Gasteiger partial charge in [0, 0.05) is 44.3 Å². The van der Waals surface area contributed by atoms with Gasteiger partial charge in [-0.25, -0.2) is 0 Å². The number of hydrogen-bond donors (Lipinski definition) is 0. The van der Waals surface area contributed by atoms with Crippen molar-refractivity contribution in [2.75, 3.05) is 38.2 Å². The molecule has 0 radical (unpaired) electrons. The van der Waals surface area contributed by atoms with E-state index in [4.69, 9.17) is 16.3 Å². The van der Waals surface area contributed by atoms with Gasteiger partial charge in [0.1, 0.15) is 0 Å². The molecule has 0 N–H and O–H groups in total. The summed E-state index contributed by atoms with van der Waals surface area (Å²) < 4.78 is 6.74. The lowest BCUT2D eigenvalue weighted by Gasteiger charge is -2.34. The van der Waals surface area contributed by atoms with Gasteiger partial charge in [-0.05, 0) is 24.3 Å². The Kier molecular flexibility index (Phi) is 5.25. The number of hydrogen-bond acceptors (Lipinski definition) is 6. The predicted octanol–water partition coefficient (Wildman–Crippen LogP) is 2.53. The fourth-order valence-electron chi connectivity index (χ4n) is 2.59. The molecule has 118 valence electrons. The van der Waals surface area contributed by atoms with Gasteiger partial charge in [-0.1, -0.05) is 11.6 Å². The highest BCUT2D eigenvalue weighted by Crippen LogP contribution is 2.23. The van der Waals surface area contributed by atoms with Crippen molar-refractivity contribution in [2.45, 2.75) is 12.6 Å². The summed E-state index contributed by atoms with van der Waals surface area (Å²) in [6.45, 7) is 4.38. The van der Waals surface area contributed by atoms with E-state index in [0.29, 0.717) is 0 Å². The van der Waals surface area contributed by atoms with Gasteiger partial charge in [0.25, 0.3) is 0 Å². The van der Waals surface area contributed by atoms with E-state index in [1.54, 1.807) is 17.5 Å². The van der Waals surface area contributed by atoms with Crippen molar-refractivity contribution in [3.05, 3.63) is 39.7 Å². The zero-order valence-electron chi connectivity index (χ0n) is 12.5. The highest BCUT2D eigenvalue weighted by Gasteiger charge is 2.22. The van der Waals surface area contributed by atoms with E-state index >= 15 is 0 Å². The minimum Gasteiger partial charge on any atom is -0.374 e. The second-order valence-corrected chi connectivity index (χ2v) is 7.20. The molecule has 1 atom stereocenters. The maximum Gasteiger partial charge on any atom is 0.151 e. The van der Waals surface area contributed by atoms with Crippen molar-refractivity contribution in [1.82, 2.24) is 15.1 Å². The molecular formula is C15H19ClN4OS. The Morgan fingerprint density at radius 1 is 1.45 bits per heavy atom. The Balaban J connectivity index is 1.54. The van der Waals surface area contributed by atoms with Crippen molar-refractivity contribution in [3.8, 4) is 0 Å². The lowest BCUT2D eigenvalue weighted by Crippen LogP contribution is -2.46. The lowest BCUT2D eigenvalue weighted by molar-refractivity contribution is -0.0261. The zero-order chi connectivity index (χ0) is 15.4. The number of aromatic nitrogens is 2. The highest BCUT2D eigenvalue weighted by molar-refractivity contribution is 7.16. The molecule has 0 bridgehead atoms. The normalized spacial score (nSPS) is 19.3. The predicted molar refractivity (Wildman–Crippen MR) is 89.6 cm³/mol. The Bertz CT molecular complexity index is 594. The SMILES string of the molecule is CN(C[C@@H]1CN(Cc2ccc(Cl)s2)CCO1)c1cccnn1. The molecule has 5 nitrogen and oxygen atoms in total. The van der Waals surface area contributed by atoms with E-state index in [2.05, 4.69) is 26.1 Å². The molecule has 0 aliphatic carbocycles. The summed E-state index contributed by atoms with van der Waals surface area (Å²) in [5.74, 6) is 0.869. The number of thiophene rings is 1. The Labute approximate surface area is 139 Å². The van der Waals surface area contributed by atoms with Gasteiger partial charge < -0.3 is 9.64 Å². The minimum absolute atomic E-state index is 0.177. The first-order valence-corrected chi connectivity index (χ1v) is 8.47. The van der Waals surface area contributed by atoms with Crippen molar-refractivity contribution in [1.29, 1.82) is 0 Å². The van der Waals surface area contributed by atoms with Gasteiger partial charge in [0.2, 0.25) is 0 Å². The third kappa shape index (κ3) is 4.16.